The van der Waals surface area contributed by atoms with Gasteiger partial charge in [-0.1, -0.05) is 13.3 Å². The number of rotatable bonds is 4. The van der Waals surface area contributed by atoms with Crippen molar-refractivity contribution in [3.8, 4) is 0 Å². The third-order valence-corrected chi connectivity index (χ3v) is 2.18. The molecule has 0 saturated carbocycles. The molecule has 1 rings (SSSR count). The van der Waals surface area contributed by atoms with Crippen molar-refractivity contribution in [3.63, 3.8) is 0 Å². The van der Waals surface area contributed by atoms with Crippen LogP contribution in [0.5, 0.6) is 0 Å². The number of aromatic nitrogens is 3. The molecule has 7 heteroatoms. The molecule has 1 aromatic heterocycles. The minimum absolute atomic E-state index is 0.412. The second-order valence-corrected chi connectivity index (χ2v) is 3.97. The van der Waals surface area contributed by atoms with E-state index in [0.29, 0.717) is 12.2 Å². The van der Waals surface area contributed by atoms with Crippen LogP contribution >= 0.6 is 0 Å². The van der Waals surface area contributed by atoms with Crippen LogP contribution < -0.4 is 0 Å². The van der Waals surface area contributed by atoms with Crippen molar-refractivity contribution in [2.75, 3.05) is 0 Å². The molecule has 0 aliphatic rings. The van der Waals surface area contributed by atoms with E-state index in [0.717, 1.165) is 12.8 Å². The van der Waals surface area contributed by atoms with E-state index < -0.39 is 15.3 Å². The fraction of sp³-hybridized carbons (Fsp3) is 0.667. The lowest BCUT2D eigenvalue weighted by Crippen LogP contribution is -2.00. The number of hydrogen-bond donors (Lipinski definition) is 2. The smallest absolute Gasteiger partial charge is 0.279 e. The predicted octanol–water partition coefficient (Wildman–Crippen LogP) is 0.394. The summed E-state index contributed by atoms with van der Waals surface area (Å²) >= 11 is 0. The topological polar surface area (TPSA) is 95.9 Å². The zero-order valence-electron chi connectivity index (χ0n) is 7.19. The molecule has 1 heterocycles. The Hall–Kier alpha value is -0.950. The van der Waals surface area contributed by atoms with Gasteiger partial charge in [0.05, 0.1) is 0 Å². The second kappa shape index (κ2) is 3.84. The number of H-pyrrole nitrogens is 1. The molecule has 0 bridgehead atoms. The number of unbranched alkanes of at least 4 members (excludes halogenated alkanes) is 1. The van der Waals surface area contributed by atoms with E-state index in [9.17, 15) is 8.42 Å². The molecule has 0 saturated heterocycles. The number of nitrogens with zero attached hydrogens (tertiary/aromatic N) is 2. The summed E-state index contributed by atoms with van der Waals surface area (Å²) in [5.41, 5.74) is 0. The zero-order chi connectivity index (χ0) is 9.90. The second-order valence-electron chi connectivity index (χ2n) is 2.64. The molecule has 0 aliphatic heterocycles. The first kappa shape index (κ1) is 10.1. The van der Waals surface area contributed by atoms with Gasteiger partial charge in [0.15, 0.2) is 5.82 Å². The van der Waals surface area contributed by atoms with Gasteiger partial charge in [-0.3, -0.25) is 4.55 Å². The first-order valence-corrected chi connectivity index (χ1v) is 5.37. The molecule has 0 aliphatic carbocycles. The van der Waals surface area contributed by atoms with Crippen molar-refractivity contribution in [1.29, 1.82) is 0 Å². The highest BCUT2D eigenvalue weighted by atomic mass is 32.2. The summed E-state index contributed by atoms with van der Waals surface area (Å²) in [6.07, 6.45) is 2.49. The van der Waals surface area contributed by atoms with Gasteiger partial charge in [-0.05, 0) is 6.42 Å². The number of aromatic amines is 1. The molecule has 0 aromatic carbocycles. The Kier molecular flexibility index (Phi) is 2.99. The van der Waals surface area contributed by atoms with Crippen molar-refractivity contribution in [2.24, 2.45) is 0 Å². The van der Waals surface area contributed by atoms with Crippen molar-refractivity contribution in [3.05, 3.63) is 5.82 Å². The summed E-state index contributed by atoms with van der Waals surface area (Å²) in [4.78, 5) is 3.61. The van der Waals surface area contributed by atoms with Gasteiger partial charge >= 0.3 is 10.1 Å². The quantitative estimate of drug-likeness (QED) is 0.693. The Morgan fingerprint density at radius 2 is 2.23 bits per heavy atom. The van der Waals surface area contributed by atoms with Crippen LogP contribution in [0, 0.1) is 0 Å². The molecule has 0 atom stereocenters. The van der Waals surface area contributed by atoms with Crippen LogP contribution in [0.2, 0.25) is 0 Å². The third-order valence-electron chi connectivity index (χ3n) is 1.51. The Bertz CT molecular complexity index is 370. The van der Waals surface area contributed by atoms with E-state index in [4.69, 9.17) is 4.55 Å². The molecular formula is C6H11N3O3S. The molecule has 1 aromatic rings. The summed E-state index contributed by atoms with van der Waals surface area (Å²) in [6.45, 7) is 2.01. The minimum Gasteiger partial charge on any atom is -0.279 e. The number of aryl methyl sites for hydroxylation is 1. The fourth-order valence-electron chi connectivity index (χ4n) is 0.842. The lowest BCUT2D eigenvalue weighted by atomic mass is 10.2. The first-order valence-electron chi connectivity index (χ1n) is 3.93. The summed E-state index contributed by atoms with van der Waals surface area (Å²) < 4.78 is 29.6. The average Bonchev–Trinajstić information content (AvgIpc) is 2.47. The molecule has 2 N–H and O–H groups in total. The molecular weight excluding hydrogens is 194 g/mol. The van der Waals surface area contributed by atoms with Crippen LogP contribution in [-0.2, 0) is 16.5 Å². The summed E-state index contributed by atoms with van der Waals surface area (Å²) in [6, 6.07) is 0. The van der Waals surface area contributed by atoms with Gasteiger partial charge in [0.1, 0.15) is 0 Å². The molecule has 0 fully saturated rings. The minimum atomic E-state index is -4.24. The summed E-state index contributed by atoms with van der Waals surface area (Å²) in [5, 5.41) is 5.31. The van der Waals surface area contributed by atoms with Crippen LogP contribution in [0.25, 0.3) is 0 Å². The molecule has 0 unspecified atom stereocenters. The Balaban J connectivity index is 2.76. The monoisotopic (exact) mass is 205 g/mol. The van der Waals surface area contributed by atoms with Crippen molar-refractivity contribution < 1.29 is 13.0 Å². The van der Waals surface area contributed by atoms with Crippen molar-refractivity contribution >= 4 is 10.1 Å². The van der Waals surface area contributed by atoms with Gasteiger partial charge in [0, 0.05) is 6.42 Å². The van der Waals surface area contributed by atoms with Gasteiger partial charge < -0.3 is 0 Å². The van der Waals surface area contributed by atoms with Gasteiger partial charge in [-0.15, -0.1) is 0 Å². The van der Waals surface area contributed by atoms with E-state index in [1.165, 1.54) is 0 Å². The standard InChI is InChI=1S/C6H11N3O3S/c1-2-3-4-5-7-6(9-8-5)13(10,11)12/h2-4H2,1H3,(H,7,8,9)(H,10,11,12). The average molecular weight is 205 g/mol. The van der Waals surface area contributed by atoms with E-state index in [-0.39, 0.29) is 0 Å². The maximum atomic E-state index is 10.5. The highest BCUT2D eigenvalue weighted by Gasteiger charge is 2.14. The Morgan fingerprint density at radius 3 is 2.69 bits per heavy atom. The van der Waals surface area contributed by atoms with Crippen molar-refractivity contribution in [1.82, 2.24) is 15.2 Å². The molecule has 6 nitrogen and oxygen atoms in total. The van der Waals surface area contributed by atoms with E-state index >= 15 is 0 Å². The largest absolute Gasteiger partial charge is 0.330 e. The van der Waals surface area contributed by atoms with Gasteiger partial charge in [-0.25, -0.2) is 5.10 Å². The van der Waals surface area contributed by atoms with Crippen molar-refractivity contribution in [2.45, 2.75) is 31.3 Å². The molecule has 13 heavy (non-hydrogen) atoms. The van der Waals surface area contributed by atoms with E-state index in [1.807, 2.05) is 6.92 Å². The first-order chi connectivity index (χ1) is 6.04. The lowest BCUT2D eigenvalue weighted by molar-refractivity contribution is 0.474. The molecule has 0 spiro atoms. The Morgan fingerprint density at radius 1 is 1.54 bits per heavy atom. The normalized spacial score (nSPS) is 11.8. The highest BCUT2D eigenvalue weighted by Crippen LogP contribution is 2.03. The SMILES string of the molecule is CCCCc1n[nH]c(S(=O)(=O)O)n1. The maximum Gasteiger partial charge on any atom is 0.330 e. The van der Waals surface area contributed by atoms with Crippen LogP contribution in [0.15, 0.2) is 5.16 Å². The lowest BCUT2D eigenvalue weighted by Gasteiger charge is -1.89. The Labute approximate surface area is 76.1 Å². The van der Waals surface area contributed by atoms with E-state index in [1.54, 1.807) is 0 Å². The fourth-order valence-corrected chi connectivity index (χ4v) is 1.22. The van der Waals surface area contributed by atoms with Crippen LogP contribution in [0.3, 0.4) is 0 Å². The predicted molar refractivity (Wildman–Crippen MR) is 44.8 cm³/mol. The molecule has 0 radical (unpaired) electrons. The molecule has 74 valence electrons. The van der Waals surface area contributed by atoms with E-state index in [2.05, 4.69) is 15.2 Å². The zero-order valence-corrected chi connectivity index (χ0v) is 8.00. The molecule has 0 amide bonds. The van der Waals surface area contributed by atoms with Crippen LogP contribution in [0.4, 0.5) is 0 Å². The summed E-state index contributed by atoms with van der Waals surface area (Å²) in [7, 11) is -4.24. The van der Waals surface area contributed by atoms with Crippen LogP contribution in [0.1, 0.15) is 25.6 Å². The third kappa shape index (κ3) is 2.78. The van der Waals surface area contributed by atoms with Gasteiger partial charge in [0.2, 0.25) is 0 Å². The van der Waals surface area contributed by atoms with Gasteiger partial charge in [-0.2, -0.15) is 18.5 Å². The maximum absolute atomic E-state index is 10.5. The number of nitrogens with one attached hydrogen (secondary N) is 1. The number of hydrogen-bond acceptors (Lipinski definition) is 4. The van der Waals surface area contributed by atoms with Gasteiger partial charge in [0.25, 0.3) is 5.16 Å². The highest BCUT2D eigenvalue weighted by molar-refractivity contribution is 7.85. The van der Waals surface area contributed by atoms with Crippen LogP contribution in [-0.4, -0.2) is 28.2 Å². The summed E-state index contributed by atoms with van der Waals surface area (Å²) in [5.74, 6) is 0.412.